The summed E-state index contributed by atoms with van der Waals surface area (Å²) in [5.74, 6) is -0.0840. The second-order valence-corrected chi connectivity index (χ2v) is 8.88. The maximum atomic E-state index is 12.8. The Bertz CT molecular complexity index is 1280. The highest BCUT2D eigenvalue weighted by molar-refractivity contribution is 7.92. The quantitative estimate of drug-likeness (QED) is 0.402. The highest BCUT2D eigenvalue weighted by Gasteiger charge is 2.18. The monoisotopic (exact) mass is 483 g/mol. The number of ether oxygens (including phenoxy) is 2. The summed E-state index contributed by atoms with van der Waals surface area (Å²) in [5, 5.41) is 0. The van der Waals surface area contributed by atoms with Crippen LogP contribution < -0.4 is 25.0 Å². The third-order valence-electron chi connectivity index (χ3n) is 4.75. The molecule has 3 aromatic carbocycles. The van der Waals surface area contributed by atoms with Gasteiger partial charge in [0.2, 0.25) is 5.91 Å². The average molecular weight is 484 g/mol. The molecule has 0 saturated heterocycles. The summed E-state index contributed by atoms with van der Waals surface area (Å²) in [6.07, 6.45) is 0.0197. The van der Waals surface area contributed by atoms with Gasteiger partial charge in [-0.15, -0.1) is 0 Å². The molecule has 0 aliphatic carbocycles. The number of anilines is 1. The Morgan fingerprint density at radius 1 is 0.882 bits per heavy atom. The summed E-state index contributed by atoms with van der Waals surface area (Å²) < 4.78 is 38.7. The molecule has 178 valence electrons. The minimum absolute atomic E-state index is 0.0197. The number of nitrogens with one attached hydrogen (secondary N) is 3. The number of aryl methyl sites for hydroxylation is 1. The Morgan fingerprint density at radius 3 is 2.32 bits per heavy atom. The van der Waals surface area contributed by atoms with Crippen LogP contribution in [0, 0.1) is 6.92 Å². The lowest BCUT2D eigenvalue weighted by Crippen LogP contribution is -2.42. The maximum absolute atomic E-state index is 12.8. The van der Waals surface area contributed by atoms with E-state index in [4.69, 9.17) is 9.47 Å². The van der Waals surface area contributed by atoms with Crippen molar-refractivity contribution in [1.29, 1.82) is 0 Å². The van der Waals surface area contributed by atoms with Crippen LogP contribution in [0.2, 0.25) is 0 Å². The van der Waals surface area contributed by atoms with E-state index in [1.54, 1.807) is 30.3 Å². The molecule has 0 aliphatic heterocycles. The van der Waals surface area contributed by atoms with Crippen molar-refractivity contribution in [2.45, 2.75) is 18.2 Å². The molecule has 0 aromatic heterocycles. The molecule has 9 nitrogen and oxygen atoms in total. The van der Waals surface area contributed by atoms with Gasteiger partial charge < -0.3 is 9.47 Å². The van der Waals surface area contributed by atoms with Crippen molar-refractivity contribution in [3.8, 4) is 11.5 Å². The number of methoxy groups -OCH3 is 1. The number of sulfonamides is 1. The predicted octanol–water partition coefficient (Wildman–Crippen LogP) is 3.03. The van der Waals surface area contributed by atoms with Crippen molar-refractivity contribution in [3.05, 3.63) is 83.9 Å². The zero-order valence-electron chi connectivity index (χ0n) is 18.7. The van der Waals surface area contributed by atoms with Crippen LogP contribution in [-0.4, -0.2) is 33.9 Å². The number of para-hydroxylation sites is 3. The molecule has 10 heteroatoms. The molecule has 34 heavy (non-hydrogen) atoms. The standard InChI is InChI=1S/C24H25N3O6S/c1-17-8-3-5-12-21(17)33-15-14-23(28)25-26-24(29)18-9-7-10-19(16-18)34(30,31)27-20-11-4-6-13-22(20)32-2/h3-13,16,27H,14-15H2,1-2H3,(H,25,28)(H,26,29). The summed E-state index contributed by atoms with van der Waals surface area (Å²) in [6.45, 7) is 2.03. The maximum Gasteiger partial charge on any atom is 0.269 e. The highest BCUT2D eigenvalue weighted by Crippen LogP contribution is 2.26. The zero-order chi connectivity index (χ0) is 24.6. The zero-order valence-corrected chi connectivity index (χ0v) is 19.5. The molecule has 2 amide bonds. The first-order valence-corrected chi connectivity index (χ1v) is 11.8. The van der Waals surface area contributed by atoms with Gasteiger partial charge in [0.25, 0.3) is 15.9 Å². The van der Waals surface area contributed by atoms with Gasteiger partial charge in [-0.25, -0.2) is 8.42 Å². The van der Waals surface area contributed by atoms with Gasteiger partial charge in [0, 0.05) is 5.56 Å². The van der Waals surface area contributed by atoms with Gasteiger partial charge in [0.1, 0.15) is 11.5 Å². The van der Waals surface area contributed by atoms with E-state index in [0.717, 1.165) is 5.56 Å². The van der Waals surface area contributed by atoms with E-state index in [-0.39, 0.29) is 29.2 Å². The molecular formula is C24H25N3O6S. The number of hydrazine groups is 1. The van der Waals surface area contributed by atoms with Crippen LogP contribution in [0.25, 0.3) is 0 Å². The van der Waals surface area contributed by atoms with Crippen LogP contribution in [0.15, 0.2) is 77.7 Å². The van der Waals surface area contributed by atoms with E-state index >= 15 is 0 Å². The summed E-state index contributed by atoms with van der Waals surface area (Å²) >= 11 is 0. The van der Waals surface area contributed by atoms with Crippen LogP contribution in [0.4, 0.5) is 5.69 Å². The van der Waals surface area contributed by atoms with Crippen LogP contribution in [0.1, 0.15) is 22.3 Å². The lowest BCUT2D eigenvalue weighted by molar-refractivity contribution is -0.122. The number of amides is 2. The Balaban J connectivity index is 1.56. The molecule has 0 fully saturated rings. The fraction of sp³-hybridized carbons (Fsp3) is 0.167. The molecular weight excluding hydrogens is 458 g/mol. The highest BCUT2D eigenvalue weighted by atomic mass is 32.2. The van der Waals surface area contributed by atoms with Gasteiger partial charge in [-0.3, -0.25) is 25.2 Å². The van der Waals surface area contributed by atoms with Crippen molar-refractivity contribution in [2.24, 2.45) is 0 Å². The Hall–Kier alpha value is -4.05. The molecule has 0 atom stereocenters. The largest absolute Gasteiger partial charge is 0.495 e. The lowest BCUT2D eigenvalue weighted by Gasteiger charge is -2.13. The van der Waals surface area contributed by atoms with Gasteiger partial charge in [0.05, 0.1) is 30.7 Å². The number of hydrogen-bond acceptors (Lipinski definition) is 6. The number of carbonyl (C=O) groups is 2. The number of carbonyl (C=O) groups excluding carboxylic acids is 2. The SMILES string of the molecule is COc1ccccc1NS(=O)(=O)c1cccc(C(=O)NNC(=O)CCOc2ccccc2C)c1. The summed E-state index contributed by atoms with van der Waals surface area (Å²) in [6, 6.07) is 19.4. The van der Waals surface area contributed by atoms with E-state index in [1.807, 2.05) is 25.1 Å². The molecule has 0 radical (unpaired) electrons. The van der Waals surface area contributed by atoms with Crippen molar-refractivity contribution >= 4 is 27.5 Å². The van der Waals surface area contributed by atoms with Crippen molar-refractivity contribution < 1.29 is 27.5 Å². The normalized spacial score (nSPS) is 10.8. The predicted molar refractivity (Wildman–Crippen MR) is 127 cm³/mol. The number of rotatable bonds is 9. The van der Waals surface area contributed by atoms with Crippen molar-refractivity contribution in [1.82, 2.24) is 10.9 Å². The molecule has 3 N–H and O–H groups in total. The first-order valence-electron chi connectivity index (χ1n) is 10.3. The molecule has 0 aliphatic rings. The fourth-order valence-corrected chi connectivity index (χ4v) is 4.09. The molecule has 0 spiro atoms. The smallest absolute Gasteiger partial charge is 0.269 e. The van der Waals surface area contributed by atoms with E-state index in [1.165, 1.54) is 31.4 Å². The minimum Gasteiger partial charge on any atom is -0.495 e. The summed E-state index contributed by atoms with van der Waals surface area (Å²) in [5.41, 5.74) is 5.84. The van der Waals surface area contributed by atoms with E-state index in [2.05, 4.69) is 15.6 Å². The number of hydrogen-bond donors (Lipinski definition) is 3. The first kappa shape index (κ1) is 24.6. The molecule has 0 unspecified atom stereocenters. The van der Waals surface area contributed by atoms with Crippen LogP contribution in [0.3, 0.4) is 0 Å². The third kappa shape index (κ3) is 6.48. The van der Waals surface area contributed by atoms with E-state index in [0.29, 0.717) is 11.5 Å². The minimum atomic E-state index is -3.99. The molecule has 0 saturated carbocycles. The van der Waals surface area contributed by atoms with Gasteiger partial charge in [0.15, 0.2) is 0 Å². The first-order chi connectivity index (χ1) is 16.3. The fourth-order valence-electron chi connectivity index (χ4n) is 2.97. The third-order valence-corrected chi connectivity index (χ3v) is 6.12. The molecule has 0 bridgehead atoms. The van der Waals surface area contributed by atoms with Gasteiger partial charge in [-0.2, -0.15) is 0 Å². The average Bonchev–Trinajstić information content (AvgIpc) is 2.84. The molecule has 0 heterocycles. The van der Waals surface area contributed by atoms with Crippen molar-refractivity contribution in [3.63, 3.8) is 0 Å². The molecule has 3 rings (SSSR count). The summed E-state index contributed by atoms with van der Waals surface area (Å²) in [4.78, 5) is 24.3. The Morgan fingerprint density at radius 2 is 1.59 bits per heavy atom. The van der Waals surface area contributed by atoms with Crippen LogP contribution >= 0.6 is 0 Å². The van der Waals surface area contributed by atoms with E-state index < -0.39 is 21.8 Å². The second kappa shape index (κ2) is 11.2. The van der Waals surface area contributed by atoms with Crippen LogP contribution in [-0.2, 0) is 14.8 Å². The Kier molecular flexibility index (Phi) is 8.10. The van der Waals surface area contributed by atoms with E-state index in [9.17, 15) is 18.0 Å². The molecule has 3 aromatic rings. The lowest BCUT2D eigenvalue weighted by atomic mass is 10.2. The number of benzene rings is 3. The summed E-state index contributed by atoms with van der Waals surface area (Å²) in [7, 11) is -2.56. The van der Waals surface area contributed by atoms with Gasteiger partial charge >= 0.3 is 0 Å². The van der Waals surface area contributed by atoms with Gasteiger partial charge in [-0.1, -0.05) is 36.4 Å². The van der Waals surface area contributed by atoms with Crippen LogP contribution in [0.5, 0.6) is 11.5 Å². The topological polar surface area (TPSA) is 123 Å². The second-order valence-electron chi connectivity index (χ2n) is 7.20. The Labute approximate surface area is 198 Å². The van der Waals surface area contributed by atoms with Crippen molar-refractivity contribution in [2.75, 3.05) is 18.4 Å². The van der Waals surface area contributed by atoms with Gasteiger partial charge in [-0.05, 0) is 48.9 Å².